The molecule has 1 aromatic carbocycles. The molecule has 0 radical (unpaired) electrons. The summed E-state index contributed by atoms with van der Waals surface area (Å²) in [7, 11) is 0. The van der Waals surface area contributed by atoms with Gasteiger partial charge in [0.05, 0.1) is 24.7 Å². The molecule has 1 rings (SSSR count). The molecular weight excluding hydrogens is 306 g/mol. The fourth-order valence-electron chi connectivity index (χ4n) is 1.50. The molecule has 0 amide bonds. The van der Waals surface area contributed by atoms with Crippen molar-refractivity contribution in [3.8, 4) is 17.6 Å². The topological polar surface area (TPSA) is 42.2 Å². The van der Waals surface area contributed by atoms with Crippen LogP contribution < -0.4 is 9.47 Å². The van der Waals surface area contributed by atoms with Crippen LogP contribution in [0.15, 0.2) is 18.2 Å². The summed E-state index contributed by atoms with van der Waals surface area (Å²) in [6, 6.07) is 8.16. The van der Waals surface area contributed by atoms with Crippen LogP contribution in [0.3, 0.4) is 0 Å². The molecule has 0 saturated heterocycles. The average molecular weight is 326 g/mol. The van der Waals surface area contributed by atoms with Gasteiger partial charge < -0.3 is 9.47 Å². The lowest BCUT2D eigenvalue weighted by atomic mass is 9.92. The van der Waals surface area contributed by atoms with E-state index < -0.39 is 0 Å². The number of nitrogens with zero attached hydrogens (tertiary/aromatic N) is 1. The highest BCUT2D eigenvalue weighted by molar-refractivity contribution is 9.08. The Bertz CT molecular complexity index is 452. The summed E-state index contributed by atoms with van der Waals surface area (Å²) in [6.45, 7) is 6.88. The molecule has 0 aliphatic heterocycles. The summed E-state index contributed by atoms with van der Waals surface area (Å²) in [5.74, 6) is 1.49. The van der Waals surface area contributed by atoms with Crippen LogP contribution in [0.5, 0.6) is 11.5 Å². The van der Waals surface area contributed by atoms with E-state index in [2.05, 4.69) is 22.0 Å². The second kappa shape index (κ2) is 7.40. The molecule has 0 fully saturated rings. The highest BCUT2D eigenvalue weighted by Crippen LogP contribution is 2.30. The Morgan fingerprint density at radius 1 is 1.26 bits per heavy atom. The summed E-state index contributed by atoms with van der Waals surface area (Å²) >= 11 is 3.42. The Hall–Kier alpha value is -1.21. The van der Waals surface area contributed by atoms with Gasteiger partial charge in [-0.1, -0.05) is 22.0 Å². The van der Waals surface area contributed by atoms with Gasteiger partial charge in [0.1, 0.15) is 0 Å². The molecule has 0 N–H and O–H groups in total. The molecule has 3 nitrogen and oxygen atoms in total. The van der Waals surface area contributed by atoms with Gasteiger partial charge in [-0.25, -0.2) is 0 Å². The van der Waals surface area contributed by atoms with Crippen LogP contribution in [0.1, 0.15) is 32.8 Å². The number of rotatable bonds is 7. The number of ether oxygens (including phenoxy) is 2. The first-order valence-electron chi connectivity index (χ1n) is 6.38. The van der Waals surface area contributed by atoms with Crippen molar-refractivity contribution in [2.75, 3.05) is 13.2 Å². The molecular formula is C15H20BrNO2. The van der Waals surface area contributed by atoms with Crippen molar-refractivity contribution in [1.82, 2.24) is 0 Å². The van der Waals surface area contributed by atoms with E-state index in [1.807, 2.05) is 39.0 Å². The third kappa shape index (κ3) is 5.12. The lowest BCUT2D eigenvalue weighted by Crippen LogP contribution is -2.13. The van der Waals surface area contributed by atoms with Crippen molar-refractivity contribution >= 4 is 15.9 Å². The predicted molar refractivity (Wildman–Crippen MR) is 79.7 cm³/mol. The zero-order valence-electron chi connectivity index (χ0n) is 11.7. The molecule has 1 aromatic rings. The zero-order valence-corrected chi connectivity index (χ0v) is 13.3. The molecule has 0 spiro atoms. The van der Waals surface area contributed by atoms with E-state index in [9.17, 15) is 0 Å². The monoisotopic (exact) mass is 325 g/mol. The van der Waals surface area contributed by atoms with Gasteiger partial charge in [0.15, 0.2) is 11.5 Å². The van der Waals surface area contributed by atoms with E-state index in [4.69, 9.17) is 14.7 Å². The van der Waals surface area contributed by atoms with E-state index in [0.29, 0.717) is 19.6 Å². The van der Waals surface area contributed by atoms with Crippen LogP contribution in [-0.2, 0) is 5.33 Å². The summed E-state index contributed by atoms with van der Waals surface area (Å²) in [5, 5.41) is 9.75. The van der Waals surface area contributed by atoms with Crippen molar-refractivity contribution in [3.63, 3.8) is 0 Å². The molecule has 0 bridgehead atoms. The van der Waals surface area contributed by atoms with E-state index >= 15 is 0 Å². The average Bonchev–Trinajstić information content (AvgIpc) is 2.40. The second-order valence-electron chi connectivity index (χ2n) is 4.94. The maximum Gasteiger partial charge on any atom is 0.161 e. The quantitative estimate of drug-likeness (QED) is 0.702. The smallest absolute Gasteiger partial charge is 0.161 e. The minimum atomic E-state index is -0.360. The van der Waals surface area contributed by atoms with Crippen LogP contribution in [0.25, 0.3) is 0 Å². The summed E-state index contributed by atoms with van der Waals surface area (Å²) in [6.07, 6.45) is 0.690. The summed E-state index contributed by atoms with van der Waals surface area (Å²) in [5.41, 5.74) is 0.787. The number of halogens is 1. The highest BCUT2D eigenvalue weighted by Gasteiger charge is 2.17. The van der Waals surface area contributed by atoms with Gasteiger partial charge in [0, 0.05) is 5.33 Å². The van der Waals surface area contributed by atoms with Gasteiger partial charge >= 0.3 is 0 Å². The normalized spacial score (nSPS) is 10.9. The number of nitriles is 1. The van der Waals surface area contributed by atoms with E-state index in [1.165, 1.54) is 0 Å². The van der Waals surface area contributed by atoms with Crippen molar-refractivity contribution in [2.24, 2.45) is 5.41 Å². The zero-order chi connectivity index (χ0) is 14.3. The van der Waals surface area contributed by atoms with Gasteiger partial charge in [-0.2, -0.15) is 5.26 Å². The molecule has 4 heteroatoms. The molecule has 0 heterocycles. The fourth-order valence-corrected chi connectivity index (χ4v) is 1.84. The number of hydrogen-bond donors (Lipinski definition) is 0. The van der Waals surface area contributed by atoms with Crippen molar-refractivity contribution in [3.05, 3.63) is 23.8 Å². The van der Waals surface area contributed by atoms with Crippen molar-refractivity contribution < 1.29 is 9.47 Å². The van der Waals surface area contributed by atoms with Crippen LogP contribution in [0.2, 0.25) is 0 Å². The summed E-state index contributed by atoms with van der Waals surface area (Å²) < 4.78 is 11.3. The Balaban J connectivity index is 2.70. The number of hydrogen-bond acceptors (Lipinski definition) is 3. The van der Waals surface area contributed by atoms with E-state index in [1.54, 1.807) is 0 Å². The predicted octanol–water partition coefficient (Wildman–Crippen LogP) is 4.30. The molecule has 19 heavy (non-hydrogen) atoms. The first kappa shape index (κ1) is 15.8. The number of alkyl halides is 1. The van der Waals surface area contributed by atoms with E-state index in [-0.39, 0.29) is 5.41 Å². The lowest BCUT2D eigenvalue weighted by Gasteiger charge is -2.17. The molecule has 104 valence electrons. The third-order valence-electron chi connectivity index (χ3n) is 2.75. The molecule has 0 unspecified atom stereocenters. The standard InChI is InChI=1S/C15H20BrNO2/c1-4-18-14-9-12(10-16)5-6-13(14)19-8-7-15(2,3)11-17/h5-6,9H,4,7-8,10H2,1-3H3. The molecule has 0 aromatic heterocycles. The first-order chi connectivity index (χ1) is 9.02. The van der Waals surface area contributed by atoms with Gasteiger partial charge in [-0.15, -0.1) is 0 Å². The van der Waals surface area contributed by atoms with Crippen LogP contribution in [0, 0.1) is 16.7 Å². The van der Waals surface area contributed by atoms with Crippen LogP contribution >= 0.6 is 15.9 Å². The largest absolute Gasteiger partial charge is 0.490 e. The van der Waals surface area contributed by atoms with Crippen LogP contribution in [-0.4, -0.2) is 13.2 Å². The van der Waals surface area contributed by atoms with Crippen molar-refractivity contribution in [2.45, 2.75) is 32.5 Å². The Morgan fingerprint density at radius 3 is 2.58 bits per heavy atom. The Labute approximate surface area is 123 Å². The highest BCUT2D eigenvalue weighted by atomic mass is 79.9. The SMILES string of the molecule is CCOc1cc(CBr)ccc1OCCC(C)(C)C#N. The maximum absolute atomic E-state index is 8.96. The van der Waals surface area contributed by atoms with Gasteiger partial charge in [0.2, 0.25) is 0 Å². The molecule has 0 saturated carbocycles. The van der Waals surface area contributed by atoms with E-state index in [0.717, 1.165) is 22.4 Å². The third-order valence-corrected chi connectivity index (χ3v) is 3.40. The fraction of sp³-hybridized carbons (Fsp3) is 0.533. The summed E-state index contributed by atoms with van der Waals surface area (Å²) in [4.78, 5) is 0. The van der Waals surface area contributed by atoms with Crippen molar-refractivity contribution in [1.29, 1.82) is 5.26 Å². The lowest BCUT2D eigenvalue weighted by molar-refractivity contribution is 0.245. The Kier molecular flexibility index (Phi) is 6.17. The first-order valence-corrected chi connectivity index (χ1v) is 7.50. The maximum atomic E-state index is 8.96. The number of benzene rings is 1. The van der Waals surface area contributed by atoms with Crippen LogP contribution in [0.4, 0.5) is 0 Å². The molecule has 0 atom stereocenters. The molecule has 0 aliphatic rings. The second-order valence-corrected chi connectivity index (χ2v) is 5.50. The molecule has 0 aliphatic carbocycles. The van der Waals surface area contributed by atoms with Gasteiger partial charge in [-0.05, 0) is 44.9 Å². The van der Waals surface area contributed by atoms with Gasteiger partial charge in [-0.3, -0.25) is 0 Å². The Morgan fingerprint density at radius 2 is 2.00 bits per heavy atom. The minimum absolute atomic E-state index is 0.360. The van der Waals surface area contributed by atoms with Gasteiger partial charge in [0.25, 0.3) is 0 Å². The minimum Gasteiger partial charge on any atom is -0.490 e.